The van der Waals surface area contributed by atoms with Gasteiger partial charge >= 0.3 is 0 Å². The summed E-state index contributed by atoms with van der Waals surface area (Å²) >= 11 is 0. The number of nitrogens with zero attached hydrogens (tertiary/aromatic N) is 1. The Hall–Kier alpha value is -3.39. The van der Waals surface area contributed by atoms with Gasteiger partial charge in [0, 0.05) is 6.04 Å². The third-order valence-corrected chi connectivity index (χ3v) is 7.62. The van der Waals surface area contributed by atoms with Gasteiger partial charge in [-0.3, -0.25) is 9.10 Å². The Morgan fingerprint density at radius 1 is 1.00 bits per heavy atom. The molecule has 8 heteroatoms. The maximum atomic E-state index is 13.5. The van der Waals surface area contributed by atoms with Crippen molar-refractivity contribution in [2.45, 2.75) is 43.5 Å². The van der Waals surface area contributed by atoms with Gasteiger partial charge in [-0.25, -0.2) is 12.8 Å². The van der Waals surface area contributed by atoms with Crippen molar-refractivity contribution in [1.82, 2.24) is 5.32 Å². The quantitative estimate of drug-likeness (QED) is 0.431. The Labute approximate surface area is 206 Å². The first-order valence-corrected chi connectivity index (χ1v) is 12.7. The topological polar surface area (TPSA) is 75.7 Å². The summed E-state index contributed by atoms with van der Waals surface area (Å²) in [6.45, 7) is 5.65. The molecular formula is C27H31FN2O4S. The molecule has 0 aliphatic carbocycles. The summed E-state index contributed by atoms with van der Waals surface area (Å²) in [7, 11) is -2.62. The molecule has 1 amide bonds. The number of carbonyl (C=O) groups excluding carboxylic acids is 1. The molecule has 35 heavy (non-hydrogen) atoms. The highest BCUT2D eigenvalue weighted by Gasteiger charge is 2.29. The molecule has 0 aromatic heterocycles. The third-order valence-electron chi connectivity index (χ3n) is 5.83. The number of methoxy groups -OCH3 is 1. The van der Waals surface area contributed by atoms with E-state index in [4.69, 9.17) is 4.74 Å². The van der Waals surface area contributed by atoms with Gasteiger partial charge in [0.1, 0.15) is 18.1 Å². The SMILES string of the molecule is COc1ccc(S(=O)(=O)N(CC(=O)NC(C)CC(C)(C)c2ccccc2)c2ccc(F)cc2)cc1. The third kappa shape index (κ3) is 6.60. The molecule has 0 heterocycles. The minimum absolute atomic E-state index is 0.00585. The molecule has 0 saturated carbocycles. The fourth-order valence-corrected chi connectivity index (χ4v) is 5.49. The molecule has 3 rings (SSSR count). The van der Waals surface area contributed by atoms with Crippen LogP contribution in [0.2, 0.25) is 0 Å². The van der Waals surface area contributed by atoms with Gasteiger partial charge in [0.2, 0.25) is 5.91 Å². The van der Waals surface area contributed by atoms with E-state index in [0.29, 0.717) is 12.2 Å². The molecular weight excluding hydrogens is 467 g/mol. The fraction of sp³-hybridized carbons (Fsp3) is 0.296. The molecule has 6 nitrogen and oxygen atoms in total. The van der Waals surface area contributed by atoms with Crippen molar-refractivity contribution in [2.75, 3.05) is 18.0 Å². The van der Waals surface area contributed by atoms with Gasteiger partial charge in [0.05, 0.1) is 17.7 Å². The van der Waals surface area contributed by atoms with E-state index < -0.39 is 28.3 Å². The Morgan fingerprint density at radius 3 is 2.17 bits per heavy atom. The van der Waals surface area contributed by atoms with Crippen molar-refractivity contribution in [3.8, 4) is 5.75 Å². The van der Waals surface area contributed by atoms with Crippen LogP contribution in [0.25, 0.3) is 0 Å². The predicted molar refractivity (Wildman–Crippen MR) is 136 cm³/mol. The van der Waals surface area contributed by atoms with Crippen LogP contribution in [0.4, 0.5) is 10.1 Å². The maximum Gasteiger partial charge on any atom is 0.264 e. The van der Waals surface area contributed by atoms with E-state index in [1.54, 1.807) is 0 Å². The lowest BCUT2D eigenvalue weighted by Gasteiger charge is -2.30. The van der Waals surface area contributed by atoms with E-state index in [0.717, 1.165) is 22.0 Å². The Bertz CT molecular complexity index is 1230. The molecule has 0 aliphatic rings. The summed E-state index contributed by atoms with van der Waals surface area (Å²) in [5.74, 6) is -0.454. The number of halogens is 1. The summed E-state index contributed by atoms with van der Waals surface area (Å²) in [6, 6.07) is 20.7. The van der Waals surface area contributed by atoms with Crippen molar-refractivity contribution in [3.05, 3.63) is 90.2 Å². The monoisotopic (exact) mass is 498 g/mol. The second-order valence-electron chi connectivity index (χ2n) is 9.09. The van der Waals surface area contributed by atoms with Crippen molar-refractivity contribution >= 4 is 21.6 Å². The summed E-state index contributed by atoms with van der Waals surface area (Å²) in [5.41, 5.74) is 1.14. The molecule has 1 unspecified atom stereocenters. The van der Waals surface area contributed by atoms with Crippen LogP contribution in [0, 0.1) is 5.82 Å². The van der Waals surface area contributed by atoms with Gasteiger partial charge in [-0.1, -0.05) is 44.2 Å². The van der Waals surface area contributed by atoms with Gasteiger partial charge < -0.3 is 10.1 Å². The van der Waals surface area contributed by atoms with Crippen LogP contribution in [0.15, 0.2) is 83.8 Å². The zero-order valence-corrected chi connectivity index (χ0v) is 21.2. The smallest absolute Gasteiger partial charge is 0.264 e. The average molecular weight is 499 g/mol. The van der Waals surface area contributed by atoms with E-state index in [-0.39, 0.29) is 22.0 Å². The van der Waals surface area contributed by atoms with Crippen LogP contribution in [-0.2, 0) is 20.2 Å². The standard InChI is InChI=1S/C27H31FN2O4S/c1-20(18-27(2,3)21-8-6-5-7-9-21)29-26(31)19-30(23-12-10-22(28)11-13-23)35(32,33)25-16-14-24(34-4)15-17-25/h5-17,20H,18-19H2,1-4H3,(H,29,31). The number of ether oxygens (including phenoxy) is 1. The van der Waals surface area contributed by atoms with E-state index in [2.05, 4.69) is 19.2 Å². The lowest BCUT2D eigenvalue weighted by molar-refractivity contribution is -0.120. The summed E-state index contributed by atoms with van der Waals surface area (Å²) in [5, 5.41) is 2.92. The largest absolute Gasteiger partial charge is 0.497 e. The molecule has 0 spiro atoms. The molecule has 1 N–H and O–H groups in total. The number of carbonyl (C=O) groups is 1. The number of amides is 1. The van der Waals surface area contributed by atoms with E-state index >= 15 is 0 Å². The number of rotatable bonds is 10. The summed E-state index contributed by atoms with van der Waals surface area (Å²) < 4.78 is 46.5. The Morgan fingerprint density at radius 2 is 1.60 bits per heavy atom. The van der Waals surface area contributed by atoms with Crippen molar-refractivity contribution < 1.29 is 22.3 Å². The molecule has 3 aromatic rings. The highest BCUT2D eigenvalue weighted by molar-refractivity contribution is 7.92. The normalized spacial score (nSPS) is 12.6. The van der Waals surface area contributed by atoms with Gasteiger partial charge in [-0.05, 0) is 72.9 Å². The molecule has 0 fully saturated rings. The number of sulfonamides is 1. The second kappa shape index (κ2) is 10.9. The lowest BCUT2D eigenvalue weighted by atomic mass is 9.79. The van der Waals surface area contributed by atoms with Crippen LogP contribution in [0.5, 0.6) is 5.75 Å². The Kier molecular flexibility index (Phi) is 8.17. The lowest BCUT2D eigenvalue weighted by Crippen LogP contribution is -2.45. The minimum Gasteiger partial charge on any atom is -0.497 e. The average Bonchev–Trinajstić information content (AvgIpc) is 2.83. The molecule has 186 valence electrons. The predicted octanol–water partition coefficient (Wildman–Crippen LogP) is 4.90. The summed E-state index contributed by atoms with van der Waals surface area (Å²) in [6.07, 6.45) is 0.657. The van der Waals surface area contributed by atoms with Crippen LogP contribution in [0.3, 0.4) is 0 Å². The van der Waals surface area contributed by atoms with Gasteiger partial charge in [-0.2, -0.15) is 0 Å². The number of anilines is 1. The first-order chi connectivity index (χ1) is 16.5. The molecule has 0 radical (unpaired) electrons. The van der Waals surface area contributed by atoms with Gasteiger partial charge in [-0.15, -0.1) is 0 Å². The van der Waals surface area contributed by atoms with E-state index in [1.165, 1.54) is 43.5 Å². The first-order valence-electron chi connectivity index (χ1n) is 11.3. The van der Waals surface area contributed by atoms with Crippen LogP contribution >= 0.6 is 0 Å². The number of nitrogens with one attached hydrogen (secondary N) is 1. The van der Waals surface area contributed by atoms with Gasteiger partial charge in [0.15, 0.2) is 0 Å². The molecule has 0 aliphatic heterocycles. The minimum atomic E-state index is -4.11. The highest BCUT2D eigenvalue weighted by Crippen LogP contribution is 2.29. The van der Waals surface area contributed by atoms with Crippen LogP contribution < -0.4 is 14.4 Å². The molecule has 0 saturated heterocycles. The summed E-state index contributed by atoms with van der Waals surface area (Å²) in [4.78, 5) is 13.0. The molecule has 0 bridgehead atoms. The zero-order chi connectivity index (χ0) is 25.6. The highest BCUT2D eigenvalue weighted by atomic mass is 32.2. The number of hydrogen-bond donors (Lipinski definition) is 1. The fourth-order valence-electron chi connectivity index (χ4n) is 4.07. The molecule has 3 aromatic carbocycles. The zero-order valence-electron chi connectivity index (χ0n) is 20.4. The maximum absolute atomic E-state index is 13.5. The van der Waals surface area contributed by atoms with Crippen LogP contribution in [0.1, 0.15) is 32.8 Å². The van der Waals surface area contributed by atoms with Crippen LogP contribution in [-0.4, -0.2) is 34.0 Å². The first kappa shape index (κ1) is 26.2. The van der Waals surface area contributed by atoms with Crippen molar-refractivity contribution in [2.24, 2.45) is 0 Å². The second-order valence-corrected chi connectivity index (χ2v) is 10.9. The molecule has 1 atom stereocenters. The van der Waals surface area contributed by atoms with Crippen molar-refractivity contribution in [1.29, 1.82) is 0 Å². The van der Waals surface area contributed by atoms with Crippen molar-refractivity contribution in [3.63, 3.8) is 0 Å². The Balaban J connectivity index is 1.80. The van der Waals surface area contributed by atoms with E-state index in [1.807, 2.05) is 37.3 Å². The van der Waals surface area contributed by atoms with E-state index in [9.17, 15) is 17.6 Å². The van der Waals surface area contributed by atoms with Gasteiger partial charge in [0.25, 0.3) is 10.0 Å². The number of benzene rings is 3. The number of hydrogen-bond acceptors (Lipinski definition) is 4.